The van der Waals surface area contributed by atoms with E-state index in [1.165, 1.54) is 17.8 Å². The van der Waals surface area contributed by atoms with E-state index < -0.39 is 4.92 Å². The molecule has 0 radical (unpaired) electrons. The molecular weight excluding hydrogens is 318 g/mol. The number of benzene rings is 1. The predicted molar refractivity (Wildman–Crippen MR) is 84.1 cm³/mol. The van der Waals surface area contributed by atoms with Crippen molar-refractivity contribution in [2.75, 3.05) is 0 Å². The maximum atomic E-state index is 10.8. The highest BCUT2D eigenvalue weighted by molar-refractivity contribution is 7.99. The summed E-state index contributed by atoms with van der Waals surface area (Å²) >= 11 is 1.35. The van der Waals surface area contributed by atoms with Crippen LogP contribution in [0.2, 0.25) is 0 Å². The van der Waals surface area contributed by atoms with E-state index in [0.29, 0.717) is 16.9 Å². The van der Waals surface area contributed by atoms with Crippen molar-refractivity contribution >= 4 is 17.4 Å². The average Bonchev–Trinajstić information content (AvgIpc) is 3.16. The molecule has 0 fully saturated rings. The summed E-state index contributed by atoms with van der Waals surface area (Å²) in [6.07, 6.45) is 1.56. The number of rotatable bonds is 5. The summed E-state index contributed by atoms with van der Waals surface area (Å²) in [6.45, 7) is 3.74. The molecule has 0 saturated heterocycles. The van der Waals surface area contributed by atoms with Crippen LogP contribution in [-0.2, 0) is 0 Å². The van der Waals surface area contributed by atoms with Crippen LogP contribution in [0.5, 0.6) is 0 Å². The lowest BCUT2D eigenvalue weighted by Crippen LogP contribution is -1.92. The summed E-state index contributed by atoms with van der Waals surface area (Å²) in [4.78, 5) is 10.4. The number of aromatic nitrogens is 2. The summed E-state index contributed by atoms with van der Waals surface area (Å²) < 4.78 is 10.8. The van der Waals surface area contributed by atoms with Gasteiger partial charge in [0.15, 0.2) is 0 Å². The van der Waals surface area contributed by atoms with Gasteiger partial charge in [-0.05, 0) is 25.5 Å². The molecular formula is C15H13N3O4S. The van der Waals surface area contributed by atoms with Crippen molar-refractivity contribution in [2.24, 2.45) is 0 Å². The minimum Gasteiger partial charge on any atom is -0.469 e. The van der Waals surface area contributed by atoms with Gasteiger partial charge in [0, 0.05) is 17.4 Å². The van der Waals surface area contributed by atoms with E-state index in [4.69, 9.17) is 8.83 Å². The molecule has 0 N–H and O–H groups in total. The van der Waals surface area contributed by atoms with Crippen LogP contribution >= 0.6 is 11.8 Å². The molecule has 0 aliphatic carbocycles. The molecule has 0 bridgehead atoms. The summed E-state index contributed by atoms with van der Waals surface area (Å²) in [7, 11) is 0. The SMILES string of the molecule is Cc1occc1-c1nnc(SC(C)c2cccc([N+](=O)[O-])c2)o1. The highest BCUT2D eigenvalue weighted by Gasteiger charge is 2.17. The van der Waals surface area contributed by atoms with Crippen molar-refractivity contribution in [3.8, 4) is 11.5 Å². The van der Waals surface area contributed by atoms with E-state index in [1.807, 2.05) is 19.9 Å². The Morgan fingerprint density at radius 3 is 2.83 bits per heavy atom. The Morgan fingerprint density at radius 1 is 1.30 bits per heavy atom. The van der Waals surface area contributed by atoms with Crippen molar-refractivity contribution < 1.29 is 13.8 Å². The van der Waals surface area contributed by atoms with Crippen LogP contribution in [0.15, 0.2) is 50.7 Å². The van der Waals surface area contributed by atoms with Gasteiger partial charge in [0.1, 0.15) is 5.76 Å². The Bertz CT molecular complexity index is 843. The molecule has 1 atom stereocenters. The Kier molecular flexibility index (Phi) is 4.16. The summed E-state index contributed by atoms with van der Waals surface area (Å²) in [5.41, 5.74) is 1.64. The average molecular weight is 331 g/mol. The normalized spacial score (nSPS) is 12.3. The van der Waals surface area contributed by atoms with Crippen molar-refractivity contribution in [3.05, 3.63) is 58.0 Å². The first kappa shape index (κ1) is 15.3. The van der Waals surface area contributed by atoms with Crippen LogP contribution in [0, 0.1) is 17.0 Å². The fourth-order valence-corrected chi connectivity index (χ4v) is 2.88. The quantitative estimate of drug-likeness (QED) is 0.388. The number of aryl methyl sites for hydroxylation is 1. The van der Waals surface area contributed by atoms with E-state index in [-0.39, 0.29) is 10.9 Å². The topological polar surface area (TPSA) is 95.2 Å². The van der Waals surface area contributed by atoms with Crippen LogP contribution in [-0.4, -0.2) is 15.1 Å². The second-order valence-electron chi connectivity index (χ2n) is 4.88. The number of nitro groups is 1. The van der Waals surface area contributed by atoms with Crippen molar-refractivity contribution in [1.29, 1.82) is 0 Å². The molecule has 0 saturated carbocycles. The maximum Gasteiger partial charge on any atom is 0.277 e. The largest absolute Gasteiger partial charge is 0.469 e. The maximum absolute atomic E-state index is 10.8. The van der Waals surface area contributed by atoms with E-state index in [1.54, 1.807) is 24.5 Å². The van der Waals surface area contributed by atoms with E-state index >= 15 is 0 Å². The van der Waals surface area contributed by atoms with Crippen LogP contribution < -0.4 is 0 Å². The van der Waals surface area contributed by atoms with Gasteiger partial charge in [-0.25, -0.2) is 0 Å². The number of hydrogen-bond acceptors (Lipinski definition) is 7. The van der Waals surface area contributed by atoms with Gasteiger partial charge in [0.05, 0.1) is 16.7 Å². The third kappa shape index (κ3) is 3.26. The number of nitro benzene ring substituents is 1. The van der Waals surface area contributed by atoms with Gasteiger partial charge >= 0.3 is 0 Å². The van der Waals surface area contributed by atoms with Gasteiger partial charge in [0.2, 0.25) is 0 Å². The van der Waals surface area contributed by atoms with E-state index in [0.717, 1.165) is 11.1 Å². The third-order valence-corrected chi connectivity index (χ3v) is 4.32. The molecule has 7 nitrogen and oxygen atoms in total. The van der Waals surface area contributed by atoms with Crippen LogP contribution in [0.4, 0.5) is 5.69 Å². The van der Waals surface area contributed by atoms with Gasteiger partial charge in [-0.15, -0.1) is 10.2 Å². The summed E-state index contributed by atoms with van der Waals surface area (Å²) in [6, 6.07) is 8.28. The molecule has 3 aromatic rings. The first-order valence-electron chi connectivity index (χ1n) is 6.83. The van der Waals surface area contributed by atoms with E-state index in [9.17, 15) is 10.1 Å². The van der Waals surface area contributed by atoms with Crippen LogP contribution in [0.1, 0.15) is 23.5 Å². The van der Waals surface area contributed by atoms with Gasteiger partial charge in [-0.3, -0.25) is 10.1 Å². The highest BCUT2D eigenvalue weighted by atomic mass is 32.2. The molecule has 0 aliphatic rings. The first-order chi connectivity index (χ1) is 11.0. The second-order valence-corrected chi connectivity index (χ2v) is 6.17. The second kappa shape index (κ2) is 6.25. The van der Waals surface area contributed by atoms with Crippen molar-refractivity contribution in [3.63, 3.8) is 0 Å². The minimum atomic E-state index is -0.409. The van der Waals surface area contributed by atoms with Crippen LogP contribution in [0.3, 0.4) is 0 Å². The predicted octanol–water partition coefficient (Wildman–Crippen LogP) is 4.40. The molecule has 1 aromatic carbocycles. The number of thioether (sulfide) groups is 1. The molecule has 2 aromatic heterocycles. The van der Waals surface area contributed by atoms with Gasteiger partial charge in [0.25, 0.3) is 16.8 Å². The molecule has 8 heteroatoms. The molecule has 118 valence electrons. The molecule has 3 rings (SSSR count). The van der Waals surface area contributed by atoms with Gasteiger partial charge in [-0.2, -0.15) is 0 Å². The molecule has 23 heavy (non-hydrogen) atoms. The number of nitrogens with zero attached hydrogens (tertiary/aromatic N) is 3. The molecule has 2 heterocycles. The summed E-state index contributed by atoms with van der Waals surface area (Å²) in [5.74, 6) is 1.10. The first-order valence-corrected chi connectivity index (χ1v) is 7.71. The van der Waals surface area contributed by atoms with Gasteiger partial charge in [-0.1, -0.05) is 23.9 Å². The zero-order valence-electron chi connectivity index (χ0n) is 12.4. The van der Waals surface area contributed by atoms with Crippen molar-refractivity contribution in [2.45, 2.75) is 24.3 Å². The van der Waals surface area contributed by atoms with Gasteiger partial charge < -0.3 is 8.83 Å². The highest BCUT2D eigenvalue weighted by Crippen LogP contribution is 2.36. The smallest absolute Gasteiger partial charge is 0.277 e. The van der Waals surface area contributed by atoms with Crippen molar-refractivity contribution in [1.82, 2.24) is 10.2 Å². The monoisotopic (exact) mass is 331 g/mol. The number of furan rings is 1. The molecule has 1 unspecified atom stereocenters. The lowest BCUT2D eigenvalue weighted by molar-refractivity contribution is -0.384. The fraction of sp³-hybridized carbons (Fsp3) is 0.200. The molecule has 0 spiro atoms. The lowest BCUT2D eigenvalue weighted by Gasteiger charge is -2.08. The zero-order chi connectivity index (χ0) is 16.4. The molecule has 0 aliphatic heterocycles. The Labute approximate surface area is 135 Å². The standard InChI is InChI=1S/C15H13N3O4S/c1-9-13(6-7-21-9)14-16-17-15(22-14)23-10(2)11-4-3-5-12(8-11)18(19)20/h3-8,10H,1-2H3. The Hall–Kier alpha value is -2.61. The number of non-ortho nitro benzene ring substituents is 1. The Balaban J connectivity index is 1.77. The summed E-state index contributed by atoms with van der Waals surface area (Å²) in [5, 5.41) is 19.2. The molecule has 0 amide bonds. The third-order valence-electron chi connectivity index (χ3n) is 3.32. The van der Waals surface area contributed by atoms with Crippen LogP contribution in [0.25, 0.3) is 11.5 Å². The number of hydrogen-bond donors (Lipinski definition) is 0. The minimum absolute atomic E-state index is 0.0614. The lowest BCUT2D eigenvalue weighted by atomic mass is 10.1. The Morgan fingerprint density at radius 2 is 2.13 bits per heavy atom. The fourth-order valence-electron chi connectivity index (χ4n) is 2.08. The van der Waals surface area contributed by atoms with E-state index in [2.05, 4.69) is 10.2 Å². The zero-order valence-corrected chi connectivity index (χ0v) is 13.2.